The maximum Gasteiger partial charge on any atom is 0.227 e. The zero-order chi connectivity index (χ0) is 19.3. The highest BCUT2D eigenvalue weighted by molar-refractivity contribution is 5.81. The van der Waals surface area contributed by atoms with Crippen molar-refractivity contribution in [1.82, 2.24) is 20.2 Å². The molecule has 7 heteroatoms. The lowest BCUT2D eigenvalue weighted by Gasteiger charge is -2.24. The van der Waals surface area contributed by atoms with Crippen LogP contribution in [0.2, 0.25) is 0 Å². The highest BCUT2D eigenvalue weighted by atomic mass is 16.5. The van der Waals surface area contributed by atoms with Crippen LogP contribution in [0.15, 0.2) is 24.3 Å². The Kier molecular flexibility index (Phi) is 5.90. The Morgan fingerprint density at radius 2 is 2.07 bits per heavy atom. The fourth-order valence-corrected chi connectivity index (χ4v) is 4.09. The van der Waals surface area contributed by atoms with Crippen molar-refractivity contribution in [2.75, 3.05) is 26.3 Å². The molecule has 2 aliphatic rings. The number of imidazole rings is 1. The highest BCUT2D eigenvalue weighted by Crippen LogP contribution is 2.19. The molecule has 1 saturated carbocycles. The summed E-state index contributed by atoms with van der Waals surface area (Å²) in [6.07, 6.45) is 5.40. The Labute approximate surface area is 164 Å². The maximum atomic E-state index is 12.7. The summed E-state index contributed by atoms with van der Waals surface area (Å²) < 4.78 is 5.60. The summed E-state index contributed by atoms with van der Waals surface area (Å²) in [7, 11) is 0. The third-order valence-corrected chi connectivity index (χ3v) is 5.70. The maximum absolute atomic E-state index is 12.7. The SMILES string of the molecule is O=C(NC1CCCC1)C1COCCN(C(=O)CCc2nc3ccccc3[nH]2)C1. The van der Waals surface area contributed by atoms with Gasteiger partial charge in [-0.1, -0.05) is 25.0 Å². The summed E-state index contributed by atoms with van der Waals surface area (Å²) in [5.74, 6) is 0.586. The molecule has 0 spiro atoms. The quantitative estimate of drug-likeness (QED) is 0.826. The zero-order valence-corrected chi connectivity index (χ0v) is 16.2. The first-order chi connectivity index (χ1) is 13.7. The number of fused-ring (bicyclic) bond motifs is 1. The molecule has 1 aliphatic carbocycles. The summed E-state index contributed by atoms with van der Waals surface area (Å²) in [6, 6.07) is 8.13. The molecule has 2 fully saturated rings. The Morgan fingerprint density at radius 3 is 2.89 bits per heavy atom. The van der Waals surface area contributed by atoms with E-state index in [1.165, 1.54) is 12.8 Å². The molecule has 2 amide bonds. The number of amides is 2. The number of aromatic amines is 1. The number of para-hydroxylation sites is 2. The van der Waals surface area contributed by atoms with Crippen LogP contribution in [0.5, 0.6) is 0 Å². The molecule has 1 aromatic carbocycles. The minimum atomic E-state index is -0.293. The molecule has 1 unspecified atom stereocenters. The lowest BCUT2D eigenvalue weighted by molar-refractivity contribution is -0.133. The van der Waals surface area contributed by atoms with Crippen molar-refractivity contribution >= 4 is 22.8 Å². The van der Waals surface area contributed by atoms with Crippen molar-refractivity contribution in [3.05, 3.63) is 30.1 Å². The minimum absolute atomic E-state index is 0.0175. The molecule has 1 aliphatic heterocycles. The minimum Gasteiger partial charge on any atom is -0.379 e. The molecule has 28 heavy (non-hydrogen) atoms. The van der Waals surface area contributed by atoms with Gasteiger partial charge in [-0.2, -0.15) is 0 Å². The van der Waals surface area contributed by atoms with Gasteiger partial charge in [0.05, 0.1) is 30.2 Å². The first-order valence-electron chi connectivity index (χ1n) is 10.3. The number of ether oxygens (including phenoxy) is 1. The molecule has 0 radical (unpaired) electrons. The standard InChI is InChI=1S/C21H28N4O3/c26-20(10-9-19-23-17-7-3-4-8-18(17)24-19)25-11-12-28-14-15(13-25)21(27)22-16-5-1-2-6-16/h3-4,7-8,15-16H,1-2,5-6,9-14H2,(H,22,27)(H,23,24). The van der Waals surface area contributed by atoms with Gasteiger partial charge in [-0.3, -0.25) is 9.59 Å². The summed E-state index contributed by atoms with van der Waals surface area (Å²) in [5.41, 5.74) is 1.90. The zero-order valence-electron chi connectivity index (χ0n) is 16.2. The topological polar surface area (TPSA) is 87.3 Å². The smallest absolute Gasteiger partial charge is 0.227 e. The van der Waals surface area contributed by atoms with Crippen LogP contribution < -0.4 is 5.32 Å². The van der Waals surface area contributed by atoms with Gasteiger partial charge < -0.3 is 19.9 Å². The van der Waals surface area contributed by atoms with Crippen LogP contribution in [0, 0.1) is 5.92 Å². The number of H-pyrrole nitrogens is 1. The van der Waals surface area contributed by atoms with E-state index in [1.54, 1.807) is 4.90 Å². The summed E-state index contributed by atoms with van der Waals surface area (Å²) in [5, 5.41) is 3.14. The molecular formula is C21H28N4O3. The molecule has 0 bridgehead atoms. The normalized spacial score (nSPS) is 21.0. The molecule has 2 N–H and O–H groups in total. The van der Waals surface area contributed by atoms with E-state index in [0.29, 0.717) is 39.1 Å². The largest absolute Gasteiger partial charge is 0.379 e. The molecule has 150 valence electrons. The predicted octanol–water partition coefficient (Wildman–Crippen LogP) is 2.03. The van der Waals surface area contributed by atoms with Crippen molar-refractivity contribution in [3.8, 4) is 0 Å². The Hall–Kier alpha value is -2.41. The van der Waals surface area contributed by atoms with Crippen LogP contribution >= 0.6 is 0 Å². The van der Waals surface area contributed by atoms with Gasteiger partial charge >= 0.3 is 0 Å². The summed E-state index contributed by atoms with van der Waals surface area (Å²) in [6.45, 7) is 1.82. The molecule has 2 aromatic rings. The van der Waals surface area contributed by atoms with E-state index < -0.39 is 0 Å². The fraction of sp³-hybridized carbons (Fsp3) is 0.571. The molecule has 1 atom stereocenters. The van der Waals surface area contributed by atoms with E-state index in [0.717, 1.165) is 29.7 Å². The summed E-state index contributed by atoms with van der Waals surface area (Å²) in [4.78, 5) is 34.9. The summed E-state index contributed by atoms with van der Waals surface area (Å²) >= 11 is 0. The van der Waals surface area contributed by atoms with Crippen LogP contribution in [0.25, 0.3) is 11.0 Å². The van der Waals surface area contributed by atoms with Crippen LogP contribution in [-0.2, 0) is 20.7 Å². The fourth-order valence-electron chi connectivity index (χ4n) is 4.09. The first kappa shape index (κ1) is 18.9. The lowest BCUT2D eigenvalue weighted by Crippen LogP contribution is -2.44. The highest BCUT2D eigenvalue weighted by Gasteiger charge is 2.29. The van der Waals surface area contributed by atoms with Gasteiger partial charge in [-0.05, 0) is 25.0 Å². The van der Waals surface area contributed by atoms with Gasteiger partial charge in [0.15, 0.2) is 0 Å². The van der Waals surface area contributed by atoms with Gasteiger partial charge in [0.25, 0.3) is 0 Å². The number of hydrogen-bond acceptors (Lipinski definition) is 4. The average Bonchev–Trinajstić information content (AvgIpc) is 3.29. The molecule has 2 heterocycles. The Morgan fingerprint density at radius 1 is 1.25 bits per heavy atom. The van der Waals surface area contributed by atoms with Crippen LogP contribution in [-0.4, -0.2) is 59.0 Å². The Bertz CT molecular complexity index is 795. The number of aryl methyl sites for hydroxylation is 1. The first-order valence-corrected chi connectivity index (χ1v) is 10.3. The van der Waals surface area contributed by atoms with Crippen molar-refractivity contribution in [2.45, 2.75) is 44.6 Å². The molecule has 1 saturated heterocycles. The second kappa shape index (κ2) is 8.73. The van der Waals surface area contributed by atoms with Gasteiger partial charge in [-0.15, -0.1) is 0 Å². The van der Waals surface area contributed by atoms with Crippen molar-refractivity contribution in [1.29, 1.82) is 0 Å². The van der Waals surface area contributed by atoms with Crippen molar-refractivity contribution in [2.24, 2.45) is 5.92 Å². The molecule has 1 aromatic heterocycles. The lowest BCUT2D eigenvalue weighted by atomic mass is 10.1. The molecular weight excluding hydrogens is 356 g/mol. The van der Waals surface area contributed by atoms with Gasteiger partial charge in [0.2, 0.25) is 11.8 Å². The third-order valence-electron chi connectivity index (χ3n) is 5.70. The third kappa shape index (κ3) is 4.52. The number of carbonyl (C=O) groups is 2. The molecule has 7 nitrogen and oxygen atoms in total. The number of nitrogens with one attached hydrogen (secondary N) is 2. The van der Waals surface area contributed by atoms with E-state index in [2.05, 4.69) is 15.3 Å². The second-order valence-electron chi connectivity index (χ2n) is 7.80. The predicted molar refractivity (Wildman–Crippen MR) is 106 cm³/mol. The van der Waals surface area contributed by atoms with Crippen LogP contribution in [0.1, 0.15) is 37.9 Å². The van der Waals surface area contributed by atoms with E-state index in [9.17, 15) is 9.59 Å². The average molecular weight is 384 g/mol. The van der Waals surface area contributed by atoms with Gasteiger partial charge in [-0.25, -0.2) is 4.98 Å². The molecule has 4 rings (SSSR count). The van der Waals surface area contributed by atoms with E-state index >= 15 is 0 Å². The van der Waals surface area contributed by atoms with Crippen LogP contribution in [0.3, 0.4) is 0 Å². The number of hydrogen-bond donors (Lipinski definition) is 2. The Balaban J connectivity index is 1.32. The number of rotatable bonds is 5. The van der Waals surface area contributed by atoms with Gasteiger partial charge in [0, 0.05) is 32.0 Å². The van der Waals surface area contributed by atoms with Gasteiger partial charge in [0.1, 0.15) is 5.82 Å². The number of carbonyl (C=O) groups excluding carboxylic acids is 2. The number of aromatic nitrogens is 2. The van der Waals surface area contributed by atoms with E-state index in [4.69, 9.17) is 4.74 Å². The van der Waals surface area contributed by atoms with E-state index in [1.807, 2.05) is 24.3 Å². The van der Waals surface area contributed by atoms with Crippen molar-refractivity contribution < 1.29 is 14.3 Å². The second-order valence-corrected chi connectivity index (χ2v) is 7.80. The van der Waals surface area contributed by atoms with E-state index in [-0.39, 0.29) is 23.8 Å². The number of benzene rings is 1. The van der Waals surface area contributed by atoms with Crippen LogP contribution in [0.4, 0.5) is 0 Å². The van der Waals surface area contributed by atoms with Crippen molar-refractivity contribution in [3.63, 3.8) is 0 Å². The number of nitrogens with zero attached hydrogens (tertiary/aromatic N) is 2. The monoisotopic (exact) mass is 384 g/mol.